The molecule has 0 unspecified atom stereocenters. The summed E-state index contributed by atoms with van der Waals surface area (Å²) in [5, 5.41) is 0. The fraction of sp³-hybridized carbons (Fsp3) is 0.455. The molecule has 8 heteroatoms. The van der Waals surface area contributed by atoms with E-state index in [1.54, 1.807) is 26.4 Å². The number of rotatable bonds is 5. The maximum Gasteiger partial charge on any atom is 0.261 e. The van der Waals surface area contributed by atoms with Gasteiger partial charge in [0.25, 0.3) is 9.05 Å². The van der Waals surface area contributed by atoms with Crippen LogP contribution in [0.25, 0.3) is 0 Å². The predicted octanol–water partition coefficient (Wildman–Crippen LogP) is 6.14. The van der Waals surface area contributed by atoms with E-state index in [2.05, 4.69) is 18.7 Å². The van der Waals surface area contributed by atoms with E-state index in [1.165, 1.54) is 37.3 Å². The van der Waals surface area contributed by atoms with Crippen molar-refractivity contribution in [1.29, 1.82) is 0 Å². The summed E-state index contributed by atoms with van der Waals surface area (Å²) in [6.07, 6.45) is 7.31. The number of ether oxygens (including phenoxy) is 2. The smallest absolute Gasteiger partial charge is 0.261 e. The molecule has 0 N–H and O–H groups in total. The Hall–Kier alpha value is -0.747. The largest absolute Gasteiger partial charge is 0.496 e. The molecule has 2 fully saturated rings. The van der Waals surface area contributed by atoms with Crippen molar-refractivity contribution < 1.29 is 37.4 Å². The van der Waals surface area contributed by atoms with Crippen LogP contribution in [0.5, 0.6) is 11.5 Å². The van der Waals surface area contributed by atoms with E-state index in [9.17, 15) is 8.42 Å². The normalized spacial score (nSPS) is 16.3. The van der Waals surface area contributed by atoms with Gasteiger partial charge in [0, 0.05) is 35.1 Å². The van der Waals surface area contributed by atoms with E-state index >= 15 is 0 Å². The van der Waals surface area contributed by atoms with Gasteiger partial charge in [-0.3, -0.25) is 0 Å². The molecular formula is C22H27ClO4S2Zn. The van der Waals surface area contributed by atoms with Gasteiger partial charge in [-0.05, 0) is 85.0 Å². The van der Waals surface area contributed by atoms with E-state index in [1.807, 2.05) is 12.1 Å². The van der Waals surface area contributed by atoms with Gasteiger partial charge in [-0.2, -0.15) is 0 Å². The van der Waals surface area contributed by atoms with E-state index in [4.69, 9.17) is 20.2 Å². The van der Waals surface area contributed by atoms with Crippen LogP contribution in [0.1, 0.15) is 61.5 Å². The second kappa shape index (κ2) is 11.2. The van der Waals surface area contributed by atoms with E-state index in [0.29, 0.717) is 11.8 Å². The van der Waals surface area contributed by atoms with Crippen molar-refractivity contribution in [3.05, 3.63) is 47.5 Å². The van der Waals surface area contributed by atoms with Crippen LogP contribution in [0.2, 0.25) is 0 Å². The van der Waals surface area contributed by atoms with Crippen molar-refractivity contribution in [2.45, 2.75) is 60.2 Å². The minimum Gasteiger partial charge on any atom is -0.496 e. The van der Waals surface area contributed by atoms with Gasteiger partial charge in [-0.25, -0.2) is 8.42 Å². The fourth-order valence-electron chi connectivity index (χ4n) is 3.66. The first-order chi connectivity index (χ1) is 13.8. The first-order valence-electron chi connectivity index (χ1n) is 9.83. The van der Waals surface area contributed by atoms with Gasteiger partial charge in [-0.1, -0.05) is 12.8 Å². The Balaban J connectivity index is 0.000000211. The Labute approximate surface area is 202 Å². The minimum absolute atomic E-state index is 0. The predicted molar refractivity (Wildman–Crippen MR) is 119 cm³/mol. The summed E-state index contributed by atoms with van der Waals surface area (Å²) in [4.78, 5) is 1.18. The Morgan fingerprint density at radius 1 is 0.867 bits per heavy atom. The average molecular weight is 520 g/mol. The molecule has 0 spiro atoms. The van der Waals surface area contributed by atoms with E-state index in [-0.39, 0.29) is 24.4 Å². The van der Waals surface area contributed by atoms with Gasteiger partial charge in [0.2, 0.25) is 0 Å². The van der Waals surface area contributed by atoms with Gasteiger partial charge in [-0.15, -0.1) is 12.6 Å². The van der Waals surface area contributed by atoms with Gasteiger partial charge in [0.05, 0.1) is 19.1 Å². The standard InChI is InChI=1S/C11H13ClO3S.C11H14OS.Zn/c1-15-11-6-5-9(16(12,13)14)7-10(11)8-3-2-4-8;1-12-11-6-5-9(13)7-10(11)8-3-2-4-8;/h5-8H,2-4H2,1H3;5-8,13H,2-4H2,1H3;. The third kappa shape index (κ3) is 6.15. The monoisotopic (exact) mass is 518 g/mol. The topological polar surface area (TPSA) is 52.6 Å². The van der Waals surface area contributed by atoms with Crippen LogP contribution in [0.4, 0.5) is 0 Å². The summed E-state index contributed by atoms with van der Waals surface area (Å²) in [7, 11) is 4.99. The van der Waals surface area contributed by atoms with Gasteiger partial charge >= 0.3 is 0 Å². The number of thiol groups is 1. The zero-order chi connectivity index (χ0) is 21.0. The third-order valence-corrected chi connectivity index (χ3v) is 7.42. The summed E-state index contributed by atoms with van der Waals surface area (Å²) >= 11 is 4.34. The summed E-state index contributed by atoms with van der Waals surface area (Å²) in [5.41, 5.74) is 2.29. The van der Waals surface area contributed by atoms with Gasteiger partial charge < -0.3 is 9.47 Å². The SMILES string of the molecule is COc1ccc(S(=O)(=O)Cl)cc1C1CCC1.COc1ccc(S)cc1C1CCC1.[Zn]. The van der Waals surface area contributed by atoms with Crippen molar-refractivity contribution in [3.63, 3.8) is 0 Å². The molecule has 2 aromatic carbocycles. The van der Waals surface area contributed by atoms with Crippen LogP contribution < -0.4 is 9.47 Å². The Morgan fingerprint density at radius 2 is 1.33 bits per heavy atom. The molecule has 2 aliphatic rings. The number of hydrogen-bond donors (Lipinski definition) is 1. The maximum absolute atomic E-state index is 11.2. The number of methoxy groups -OCH3 is 2. The van der Waals surface area contributed by atoms with Crippen molar-refractivity contribution >= 4 is 32.4 Å². The molecular weight excluding hydrogens is 493 g/mol. The summed E-state index contributed by atoms with van der Waals surface area (Å²) in [5.74, 6) is 2.88. The van der Waals surface area contributed by atoms with Gasteiger partial charge in [0.1, 0.15) is 11.5 Å². The molecule has 4 rings (SSSR count). The summed E-state index contributed by atoms with van der Waals surface area (Å²) in [6.45, 7) is 0. The van der Waals surface area contributed by atoms with Gasteiger partial charge in [0.15, 0.2) is 0 Å². The van der Waals surface area contributed by atoms with Crippen molar-refractivity contribution in [2.75, 3.05) is 14.2 Å². The quantitative estimate of drug-likeness (QED) is 0.293. The maximum atomic E-state index is 11.2. The molecule has 0 radical (unpaired) electrons. The molecule has 0 saturated heterocycles. The molecule has 0 atom stereocenters. The summed E-state index contributed by atoms with van der Waals surface area (Å²) in [6, 6.07) is 10.9. The number of halogens is 1. The van der Waals surface area contributed by atoms with Crippen molar-refractivity contribution in [2.24, 2.45) is 0 Å². The van der Waals surface area contributed by atoms with E-state index in [0.717, 1.165) is 34.8 Å². The van der Waals surface area contributed by atoms with Crippen LogP contribution >= 0.6 is 23.3 Å². The van der Waals surface area contributed by atoms with Crippen LogP contribution in [0.15, 0.2) is 46.2 Å². The Morgan fingerprint density at radius 3 is 1.73 bits per heavy atom. The molecule has 0 aromatic heterocycles. The molecule has 2 aromatic rings. The van der Waals surface area contributed by atoms with Crippen molar-refractivity contribution in [1.82, 2.24) is 0 Å². The molecule has 0 heterocycles. The van der Waals surface area contributed by atoms with Crippen molar-refractivity contribution in [3.8, 4) is 11.5 Å². The average Bonchev–Trinajstić information content (AvgIpc) is 2.59. The Kier molecular flexibility index (Phi) is 9.54. The molecule has 0 amide bonds. The third-order valence-electron chi connectivity index (χ3n) is 5.79. The molecule has 160 valence electrons. The van der Waals surface area contributed by atoms with E-state index < -0.39 is 9.05 Å². The molecule has 2 aliphatic carbocycles. The zero-order valence-electron chi connectivity index (χ0n) is 17.4. The van der Waals surface area contributed by atoms with Crippen LogP contribution in [-0.4, -0.2) is 22.6 Å². The molecule has 30 heavy (non-hydrogen) atoms. The second-order valence-electron chi connectivity index (χ2n) is 7.52. The first-order valence-corrected chi connectivity index (χ1v) is 12.6. The molecule has 2 saturated carbocycles. The first kappa shape index (κ1) is 25.5. The van der Waals surface area contributed by atoms with Crippen LogP contribution in [0, 0.1) is 0 Å². The number of hydrogen-bond acceptors (Lipinski definition) is 5. The molecule has 0 bridgehead atoms. The second-order valence-corrected chi connectivity index (χ2v) is 10.6. The molecule has 4 nitrogen and oxygen atoms in total. The number of benzene rings is 2. The minimum atomic E-state index is -3.65. The zero-order valence-corrected chi connectivity index (χ0v) is 22.9. The fourth-order valence-corrected chi connectivity index (χ4v) is 4.66. The Bertz CT molecular complexity index is 958. The van der Waals surface area contributed by atoms with Crippen LogP contribution in [-0.2, 0) is 28.5 Å². The van der Waals surface area contributed by atoms with Crippen LogP contribution in [0.3, 0.4) is 0 Å². The summed E-state index contributed by atoms with van der Waals surface area (Å²) < 4.78 is 33.0. The molecule has 0 aliphatic heterocycles.